The molecule has 2 aliphatic rings. The fraction of sp³-hybridized carbons (Fsp3) is 1.00. The molecule has 1 nitrogen and oxygen atoms in total. The Morgan fingerprint density at radius 1 is 1.33 bits per heavy atom. The van der Waals surface area contributed by atoms with Crippen LogP contribution >= 0.6 is 0 Å². The summed E-state index contributed by atoms with van der Waals surface area (Å²) in [6, 6.07) is 0.672. The molecule has 3 atom stereocenters. The summed E-state index contributed by atoms with van der Waals surface area (Å²) in [5.41, 5.74) is 0. The van der Waals surface area contributed by atoms with E-state index in [-0.39, 0.29) is 0 Å². The van der Waals surface area contributed by atoms with Crippen molar-refractivity contribution in [3.05, 3.63) is 0 Å². The van der Waals surface area contributed by atoms with Gasteiger partial charge in [0.25, 0.3) is 0 Å². The van der Waals surface area contributed by atoms with Gasteiger partial charge in [-0.3, -0.25) is 0 Å². The maximum Gasteiger partial charge on any atom is 0.00104 e. The Balaban J connectivity index is 1.70. The van der Waals surface area contributed by atoms with Gasteiger partial charge in [0.1, 0.15) is 0 Å². The molecule has 0 radical (unpaired) electrons. The highest BCUT2D eigenvalue weighted by Gasteiger charge is 2.42. The lowest BCUT2D eigenvalue weighted by Crippen LogP contribution is -2.41. The fourth-order valence-corrected chi connectivity index (χ4v) is 2.97. The highest BCUT2D eigenvalue weighted by atomic mass is 14.9. The highest BCUT2D eigenvalue weighted by Crippen LogP contribution is 2.50. The fourth-order valence-electron chi connectivity index (χ4n) is 2.97. The molecule has 70 valence electrons. The summed E-state index contributed by atoms with van der Waals surface area (Å²) < 4.78 is 0. The van der Waals surface area contributed by atoms with E-state index >= 15 is 0 Å². The largest absolute Gasteiger partial charge is 0.314 e. The van der Waals surface area contributed by atoms with E-state index in [4.69, 9.17) is 0 Å². The number of hydrogen-bond donors (Lipinski definition) is 1. The van der Waals surface area contributed by atoms with Crippen LogP contribution in [0, 0.1) is 17.8 Å². The van der Waals surface area contributed by atoms with Crippen molar-refractivity contribution in [2.45, 2.75) is 45.6 Å². The molecule has 3 unspecified atom stereocenters. The first-order chi connectivity index (χ1) is 5.77. The third-order valence-corrected chi connectivity index (χ3v) is 3.72. The van der Waals surface area contributed by atoms with Crippen LogP contribution in [0.15, 0.2) is 0 Å². The number of nitrogens with one attached hydrogen (secondary N) is 1. The van der Waals surface area contributed by atoms with Gasteiger partial charge in [-0.1, -0.05) is 26.7 Å². The van der Waals surface area contributed by atoms with E-state index in [1.165, 1.54) is 32.2 Å². The van der Waals surface area contributed by atoms with Crippen LogP contribution in [0.4, 0.5) is 0 Å². The molecular formula is C11H21N. The van der Waals surface area contributed by atoms with Crippen molar-refractivity contribution in [2.24, 2.45) is 17.8 Å². The van der Waals surface area contributed by atoms with Crippen LogP contribution in [0.25, 0.3) is 0 Å². The van der Waals surface area contributed by atoms with Gasteiger partial charge < -0.3 is 5.32 Å². The minimum atomic E-state index is 0.672. The summed E-state index contributed by atoms with van der Waals surface area (Å²) in [7, 11) is 0. The Bertz CT molecular complexity index is 153. The molecule has 2 saturated carbocycles. The van der Waals surface area contributed by atoms with E-state index in [2.05, 4.69) is 19.2 Å². The molecule has 12 heavy (non-hydrogen) atoms. The van der Waals surface area contributed by atoms with E-state index in [1.54, 1.807) is 0 Å². The molecule has 2 aliphatic carbocycles. The average Bonchev–Trinajstić information content (AvgIpc) is 2.32. The summed E-state index contributed by atoms with van der Waals surface area (Å²) in [6.07, 6.45) is 6.08. The van der Waals surface area contributed by atoms with Gasteiger partial charge in [0.2, 0.25) is 0 Å². The third-order valence-electron chi connectivity index (χ3n) is 3.72. The quantitative estimate of drug-likeness (QED) is 0.680. The van der Waals surface area contributed by atoms with Gasteiger partial charge in [-0.25, -0.2) is 0 Å². The Hall–Kier alpha value is -0.0400. The van der Waals surface area contributed by atoms with Crippen molar-refractivity contribution in [2.75, 3.05) is 6.54 Å². The average molecular weight is 167 g/mol. The summed E-state index contributed by atoms with van der Waals surface area (Å²) in [5.74, 6) is 3.26. The molecule has 2 fully saturated rings. The van der Waals surface area contributed by atoms with Crippen molar-refractivity contribution >= 4 is 0 Å². The van der Waals surface area contributed by atoms with Gasteiger partial charge in [-0.05, 0) is 37.1 Å². The number of hydrogen-bond acceptors (Lipinski definition) is 1. The van der Waals surface area contributed by atoms with Crippen molar-refractivity contribution in [1.29, 1.82) is 0 Å². The summed E-state index contributed by atoms with van der Waals surface area (Å²) in [5, 5.41) is 3.56. The number of fused-ring (bicyclic) bond motifs is 1. The molecule has 0 amide bonds. The molecule has 1 heteroatoms. The standard InChI is InChI=1S/C11H21N/c1-8(2)12-7-10-6-9-4-3-5-11(9)10/h8-12H,3-7H2,1-2H3. The molecule has 1 N–H and O–H groups in total. The highest BCUT2D eigenvalue weighted by molar-refractivity contribution is 4.94. The summed E-state index contributed by atoms with van der Waals surface area (Å²) >= 11 is 0. The van der Waals surface area contributed by atoms with E-state index in [0.717, 1.165) is 17.8 Å². The van der Waals surface area contributed by atoms with E-state index < -0.39 is 0 Å². The second-order valence-corrected chi connectivity index (χ2v) is 4.91. The van der Waals surface area contributed by atoms with Crippen molar-refractivity contribution in [3.63, 3.8) is 0 Å². The first kappa shape index (κ1) is 8.55. The lowest BCUT2D eigenvalue weighted by molar-refractivity contribution is 0.100. The van der Waals surface area contributed by atoms with Gasteiger partial charge in [-0.15, -0.1) is 0 Å². The molecule has 0 aromatic carbocycles. The zero-order valence-electron chi connectivity index (χ0n) is 8.34. The van der Waals surface area contributed by atoms with E-state index in [1.807, 2.05) is 0 Å². The van der Waals surface area contributed by atoms with E-state index in [0.29, 0.717) is 6.04 Å². The lowest BCUT2D eigenvalue weighted by atomic mass is 9.66. The Labute approximate surface area is 75.9 Å². The Morgan fingerprint density at radius 2 is 2.17 bits per heavy atom. The molecule has 0 aromatic rings. The maximum atomic E-state index is 3.56. The van der Waals surface area contributed by atoms with E-state index in [9.17, 15) is 0 Å². The first-order valence-corrected chi connectivity index (χ1v) is 5.50. The minimum Gasteiger partial charge on any atom is -0.314 e. The lowest BCUT2D eigenvalue weighted by Gasteiger charge is -2.41. The monoisotopic (exact) mass is 167 g/mol. The molecule has 0 saturated heterocycles. The second kappa shape index (κ2) is 3.37. The van der Waals surface area contributed by atoms with Crippen LogP contribution < -0.4 is 5.32 Å². The van der Waals surface area contributed by atoms with Crippen LogP contribution in [0.2, 0.25) is 0 Å². The normalized spacial score (nSPS) is 39.8. The zero-order valence-corrected chi connectivity index (χ0v) is 8.34. The molecule has 0 spiro atoms. The van der Waals surface area contributed by atoms with Crippen molar-refractivity contribution in [3.8, 4) is 0 Å². The molecule has 2 rings (SSSR count). The molecule has 0 heterocycles. The Morgan fingerprint density at radius 3 is 2.83 bits per heavy atom. The van der Waals surface area contributed by atoms with Gasteiger partial charge in [0, 0.05) is 6.04 Å². The molecule has 0 bridgehead atoms. The zero-order chi connectivity index (χ0) is 8.55. The third kappa shape index (κ3) is 1.52. The molecular weight excluding hydrogens is 146 g/mol. The summed E-state index contributed by atoms with van der Waals surface area (Å²) in [4.78, 5) is 0. The van der Waals surface area contributed by atoms with Gasteiger partial charge in [-0.2, -0.15) is 0 Å². The van der Waals surface area contributed by atoms with Gasteiger partial charge in [0.05, 0.1) is 0 Å². The van der Waals surface area contributed by atoms with Crippen LogP contribution in [0.5, 0.6) is 0 Å². The molecule has 0 aliphatic heterocycles. The van der Waals surface area contributed by atoms with Crippen LogP contribution in [-0.4, -0.2) is 12.6 Å². The first-order valence-electron chi connectivity index (χ1n) is 5.50. The van der Waals surface area contributed by atoms with Gasteiger partial charge >= 0.3 is 0 Å². The molecule has 0 aromatic heterocycles. The van der Waals surface area contributed by atoms with Crippen LogP contribution in [-0.2, 0) is 0 Å². The second-order valence-electron chi connectivity index (χ2n) is 4.91. The predicted octanol–water partition coefficient (Wildman–Crippen LogP) is 2.42. The maximum absolute atomic E-state index is 3.56. The smallest absolute Gasteiger partial charge is 0.00104 e. The Kier molecular flexibility index (Phi) is 2.40. The van der Waals surface area contributed by atoms with Crippen molar-refractivity contribution < 1.29 is 0 Å². The van der Waals surface area contributed by atoms with Crippen molar-refractivity contribution in [1.82, 2.24) is 5.32 Å². The topological polar surface area (TPSA) is 12.0 Å². The predicted molar refractivity (Wildman–Crippen MR) is 52.1 cm³/mol. The number of rotatable bonds is 3. The minimum absolute atomic E-state index is 0.672. The van der Waals surface area contributed by atoms with Crippen LogP contribution in [0.1, 0.15) is 39.5 Å². The SMILES string of the molecule is CC(C)NCC1CC2CCCC21. The summed E-state index contributed by atoms with van der Waals surface area (Å²) in [6.45, 7) is 5.76. The van der Waals surface area contributed by atoms with Crippen LogP contribution in [0.3, 0.4) is 0 Å². The van der Waals surface area contributed by atoms with Gasteiger partial charge in [0.15, 0.2) is 0 Å².